The molecule has 0 aliphatic carbocycles. The fraction of sp³-hybridized carbons (Fsp3) is 0.444. The van der Waals surface area contributed by atoms with E-state index in [4.69, 9.17) is 0 Å². The van der Waals surface area contributed by atoms with Gasteiger partial charge in [-0.05, 0) is 6.07 Å². The SMILES string of the molecule is CC(C)(C)C(=O)c1nc(C(=O)C(C)(C)C)c2ccccc2n1. The van der Waals surface area contributed by atoms with Gasteiger partial charge in [-0.25, -0.2) is 9.97 Å². The molecule has 0 unspecified atom stereocenters. The third-order valence-corrected chi connectivity index (χ3v) is 3.38. The number of Topliss-reactive ketones (excluding diaryl/α,β-unsaturated/α-hetero) is 2. The van der Waals surface area contributed by atoms with Crippen LogP contribution in [0.3, 0.4) is 0 Å². The molecule has 4 heteroatoms. The Labute approximate surface area is 131 Å². The van der Waals surface area contributed by atoms with Crippen molar-refractivity contribution >= 4 is 22.5 Å². The first-order valence-corrected chi connectivity index (χ1v) is 7.38. The number of carbonyl (C=O) groups excluding carboxylic acids is 2. The Morgan fingerprint density at radius 2 is 1.36 bits per heavy atom. The second kappa shape index (κ2) is 5.27. The van der Waals surface area contributed by atoms with Crippen molar-refractivity contribution in [2.24, 2.45) is 10.8 Å². The van der Waals surface area contributed by atoms with E-state index in [2.05, 4.69) is 9.97 Å². The summed E-state index contributed by atoms with van der Waals surface area (Å²) in [5, 5.41) is 0.688. The van der Waals surface area contributed by atoms with Crippen LogP contribution in [0.2, 0.25) is 0 Å². The Kier molecular flexibility index (Phi) is 3.90. The zero-order chi connectivity index (χ0) is 16.7. The van der Waals surface area contributed by atoms with Crippen LogP contribution in [-0.4, -0.2) is 21.5 Å². The van der Waals surface area contributed by atoms with Crippen LogP contribution in [0.5, 0.6) is 0 Å². The lowest BCUT2D eigenvalue weighted by Gasteiger charge is -2.19. The standard InChI is InChI=1S/C18H22N2O2/c1-17(2,3)14(21)13-11-9-7-8-10-12(11)19-16(20-13)15(22)18(4,5)6/h7-10H,1-6H3. The van der Waals surface area contributed by atoms with Crippen LogP contribution in [0.1, 0.15) is 62.6 Å². The number of carbonyl (C=O) groups is 2. The first-order valence-electron chi connectivity index (χ1n) is 7.38. The summed E-state index contributed by atoms with van der Waals surface area (Å²) in [7, 11) is 0. The summed E-state index contributed by atoms with van der Waals surface area (Å²) in [5.74, 6) is -0.144. The molecule has 0 N–H and O–H groups in total. The van der Waals surface area contributed by atoms with Crippen molar-refractivity contribution in [2.75, 3.05) is 0 Å². The molecule has 4 nitrogen and oxygen atoms in total. The number of para-hydroxylation sites is 1. The molecule has 0 radical (unpaired) electrons. The lowest BCUT2D eigenvalue weighted by molar-refractivity contribution is 0.0842. The van der Waals surface area contributed by atoms with Crippen molar-refractivity contribution < 1.29 is 9.59 Å². The van der Waals surface area contributed by atoms with Gasteiger partial charge in [-0.1, -0.05) is 59.7 Å². The van der Waals surface area contributed by atoms with E-state index in [0.29, 0.717) is 16.6 Å². The van der Waals surface area contributed by atoms with Gasteiger partial charge in [0.1, 0.15) is 5.69 Å². The summed E-state index contributed by atoms with van der Waals surface area (Å²) in [6.07, 6.45) is 0. The second-order valence-electron chi connectivity index (χ2n) is 7.57. The number of hydrogen-bond acceptors (Lipinski definition) is 4. The molecule has 1 heterocycles. The maximum atomic E-state index is 12.7. The number of aromatic nitrogens is 2. The van der Waals surface area contributed by atoms with Crippen molar-refractivity contribution in [3.63, 3.8) is 0 Å². The highest BCUT2D eigenvalue weighted by molar-refractivity contribution is 6.09. The minimum Gasteiger partial charge on any atom is -0.292 e. The average Bonchev–Trinajstić information content (AvgIpc) is 2.42. The van der Waals surface area contributed by atoms with E-state index in [1.54, 1.807) is 6.07 Å². The average molecular weight is 298 g/mol. The fourth-order valence-electron chi connectivity index (χ4n) is 2.04. The lowest BCUT2D eigenvalue weighted by Crippen LogP contribution is -2.26. The Hall–Kier alpha value is -2.10. The molecule has 0 amide bonds. The molecule has 0 aliphatic rings. The minimum absolute atomic E-state index is 0.0888. The Morgan fingerprint density at radius 3 is 1.91 bits per heavy atom. The Bertz CT molecular complexity index is 750. The van der Waals surface area contributed by atoms with Crippen molar-refractivity contribution in [3.05, 3.63) is 35.8 Å². The Balaban J connectivity index is 2.74. The molecule has 2 aromatic rings. The molecular weight excluding hydrogens is 276 g/mol. The maximum Gasteiger partial charge on any atom is 0.205 e. The topological polar surface area (TPSA) is 59.9 Å². The summed E-state index contributed by atoms with van der Waals surface area (Å²) >= 11 is 0. The summed E-state index contributed by atoms with van der Waals surface area (Å²) < 4.78 is 0. The largest absolute Gasteiger partial charge is 0.292 e. The molecule has 0 aliphatic heterocycles. The summed E-state index contributed by atoms with van der Waals surface area (Å²) in [5.41, 5.74) is -0.215. The molecule has 0 atom stereocenters. The van der Waals surface area contributed by atoms with E-state index >= 15 is 0 Å². The fourth-order valence-corrected chi connectivity index (χ4v) is 2.04. The molecule has 0 saturated carbocycles. The van der Waals surface area contributed by atoms with Gasteiger partial charge in [0.25, 0.3) is 0 Å². The van der Waals surface area contributed by atoms with Gasteiger partial charge in [-0.2, -0.15) is 0 Å². The smallest absolute Gasteiger partial charge is 0.205 e. The molecular formula is C18H22N2O2. The van der Waals surface area contributed by atoms with Gasteiger partial charge >= 0.3 is 0 Å². The van der Waals surface area contributed by atoms with Crippen molar-refractivity contribution in [2.45, 2.75) is 41.5 Å². The van der Waals surface area contributed by atoms with Crippen LogP contribution >= 0.6 is 0 Å². The summed E-state index contributed by atoms with van der Waals surface area (Å²) in [6.45, 7) is 11.0. The third kappa shape index (κ3) is 3.06. The lowest BCUT2D eigenvalue weighted by atomic mass is 9.87. The highest BCUT2D eigenvalue weighted by Crippen LogP contribution is 2.26. The van der Waals surface area contributed by atoms with Gasteiger partial charge in [0.05, 0.1) is 5.52 Å². The zero-order valence-corrected chi connectivity index (χ0v) is 14.0. The van der Waals surface area contributed by atoms with E-state index < -0.39 is 10.8 Å². The molecule has 2 rings (SSSR count). The molecule has 0 fully saturated rings. The molecule has 0 spiro atoms. The van der Waals surface area contributed by atoms with Crippen LogP contribution in [0.4, 0.5) is 0 Å². The van der Waals surface area contributed by atoms with Gasteiger partial charge < -0.3 is 0 Å². The predicted molar refractivity (Wildman–Crippen MR) is 87.1 cm³/mol. The van der Waals surface area contributed by atoms with Crippen molar-refractivity contribution in [1.29, 1.82) is 0 Å². The van der Waals surface area contributed by atoms with Gasteiger partial charge in [-0.3, -0.25) is 9.59 Å². The van der Waals surface area contributed by atoms with E-state index in [1.807, 2.05) is 59.7 Å². The highest BCUT2D eigenvalue weighted by Gasteiger charge is 2.30. The van der Waals surface area contributed by atoms with Crippen molar-refractivity contribution in [3.8, 4) is 0 Å². The van der Waals surface area contributed by atoms with E-state index in [-0.39, 0.29) is 17.4 Å². The third-order valence-electron chi connectivity index (χ3n) is 3.38. The predicted octanol–water partition coefficient (Wildman–Crippen LogP) is 4.09. The van der Waals surface area contributed by atoms with Crippen molar-refractivity contribution in [1.82, 2.24) is 9.97 Å². The van der Waals surface area contributed by atoms with Crippen LogP contribution in [0.15, 0.2) is 24.3 Å². The van der Waals surface area contributed by atoms with Crippen LogP contribution in [0.25, 0.3) is 10.9 Å². The molecule has 0 bridgehead atoms. The molecule has 1 aromatic heterocycles. The van der Waals surface area contributed by atoms with E-state index in [1.165, 1.54) is 0 Å². The summed E-state index contributed by atoms with van der Waals surface area (Å²) in [4.78, 5) is 33.9. The molecule has 1 aromatic carbocycles. The van der Waals surface area contributed by atoms with Gasteiger partial charge in [0.15, 0.2) is 11.6 Å². The maximum absolute atomic E-state index is 12.7. The first kappa shape index (κ1) is 16.3. The van der Waals surface area contributed by atoms with Crippen LogP contribution in [0, 0.1) is 10.8 Å². The quantitative estimate of drug-likeness (QED) is 0.784. The van der Waals surface area contributed by atoms with Crippen LogP contribution < -0.4 is 0 Å². The number of nitrogens with zero attached hydrogens (tertiary/aromatic N) is 2. The first-order chi connectivity index (χ1) is 10.0. The van der Waals surface area contributed by atoms with Crippen LogP contribution in [-0.2, 0) is 0 Å². The van der Waals surface area contributed by atoms with E-state index in [0.717, 1.165) is 0 Å². The number of hydrogen-bond donors (Lipinski definition) is 0. The minimum atomic E-state index is -0.593. The number of rotatable bonds is 2. The molecule has 0 saturated heterocycles. The number of fused-ring (bicyclic) bond motifs is 1. The van der Waals surface area contributed by atoms with Gasteiger partial charge in [0, 0.05) is 16.2 Å². The summed E-state index contributed by atoms with van der Waals surface area (Å²) in [6, 6.07) is 7.30. The second-order valence-corrected chi connectivity index (χ2v) is 7.57. The molecule has 22 heavy (non-hydrogen) atoms. The Morgan fingerprint density at radius 1 is 0.818 bits per heavy atom. The van der Waals surface area contributed by atoms with E-state index in [9.17, 15) is 9.59 Å². The number of ketones is 2. The normalized spacial score (nSPS) is 12.5. The highest BCUT2D eigenvalue weighted by atomic mass is 16.1. The monoisotopic (exact) mass is 298 g/mol. The molecule has 116 valence electrons. The van der Waals surface area contributed by atoms with Gasteiger partial charge in [0.2, 0.25) is 5.78 Å². The zero-order valence-electron chi connectivity index (χ0n) is 14.0. The van der Waals surface area contributed by atoms with Gasteiger partial charge in [-0.15, -0.1) is 0 Å². The number of benzene rings is 1.